The minimum atomic E-state index is -0.682. The zero-order chi connectivity index (χ0) is 16.8. The van der Waals surface area contributed by atoms with Crippen LogP contribution in [0.15, 0.2) is 42.5 Å². The van der Waals surface area contributed by atoms with Gasteiger partial charge in [0, 0.05) is 5.56 Å². The molecule has 4 nitrogen and oxygen atoms in total. The number of hydrogen-bond donors (Lipinski definition) is 0. The summed E-state index contributed by atoms with van der Waals surface area (Å²) < 4.78 is 10.1. The van der Waals surface area contributed by atoms with Crippen LogP contribution in [0, 0.1) is 0 Å². The summed E-state index contributed by atoms with van der Waals surface area (Å²) in [6, 6.07) is 11.1. The van der Waals surface area contributed by atoms with Crippen molar-refractivity contribution >= 4 is 46.6 Å². The number of esters is 1. The van der Waals surface area contributed by atoms with Gasteiger partial charge in [-0.2, -0.15) is 0 Å². The van der Waals surface area contributed by atoms with E-state index < -0.39 is 18.4 Å². The summed E-state index contributed by atoms with van der Waals surface area (Å²) in [4.78, 5) is 23.5. The molecule has 0 aliphatic carbocycles. The molecule has 0 saturated heterocycles. The molecular formula is C16H11Cl3O4. The minimum absolute atomic E-state index is 0.255. The Kier molecular flexibility index (Phi) is 6.28. The number of carbonyl (C=O) groups excluding carboxylic acids is 2. The highest BCUT2D eigenvalue weighted by molar-refractivity contribution is 6.42. The lowest BCUT2D eigenvalue weighted by molar-refractivity contribution is -0.144. The second-order valence-corrected chi connectivity index (χ2v) is 5.65. The number of halogens is 3. The van der Waals surface area contributed by atoms with Gasteiger partial charge in [0.25, 0.3) is 0 Å². The summed E-state index contributed by atoms with van der Waals surface area (Å²) in [5, 5.41) is 0.978. The lowest BCUT2D eigenvalue weighted by Gasteiger charge is -2.08. The fraction of sp³-hybridized carbons (Fsp3) is 0.125. The second kappa shape index (κ2) is 8.20. The van der Waals surface area contributed by atoms with Crippen LogP contribution in [-0.4, -0.2) is 25.0 Å². The predicted molar refractivity (Wildman–Crippen MR) is 88.7 cm³/mol. The van der Waals surface area contributed by atoms with Gasteiger partial charge < -0.3 is 9.47 Å². The number of carbonyl (C=O) groups is 2. The first-order chi connectivity index (χ1) is 11.0. The van der Waals surface area contributed by atoms with E-state index in [0.29, 0.717) is 21.4 Å². The summed E-state index contributed by atoms with van der Waals surface area (Å²) in [7, 11) is 0. The number of Topliss-reactive ketones (excluding diaryl/α,β-unsaturated/α-hetero) is 1. The third-order valence-corrected chi connectivity index (χ3v) is 3.84. The average molecular weight is 374 g/mol. The molecule has 23 heavy (non-hydrogen) atoms. The second-order valence-electron chi connectivity index (χ2n) is 4.43. The molecule has 0 N–H and O–H groups in total. The normalized spacial score (nSPS) is 10.2. The lowest BCUT2D eigenvalue weighted by Crippen LogP contribution is -2.19. The van der Waals surface area contributed by atoms with Crippen LogP contribution < -0.4 is 4.74 Å². The van der Waals surface area contributed by atoms with E-state index in [4.69, 9.17) is 44.3 Å². The Morgan fingerprint density at radius 2 is 1.61 bits per heavy atom. The fourth-order valence-electron chi connectivity index (χ4n) is 1.64. The molecule has 0 atom stereocenters. The summed E-state index contributed by atoms with van der Waals surface area (Å²) in [5.74, 6) is -0.713. The van der Waals surface area contributed by atoms with Crippen molar-refractivity contribution in [1.82, 2.24) is 0 Å². The Morgan fingerprint density at radius 3 is 2.30 bits per heavy atom. The number of ether oxygens (including phenoxy) is 2. The van der Waals surface area contributed by atoms with Gasteiger partial charge in [-0.15, -0.1) is 0 Å². The van der Waals surface area contributed by atoms with E-state index in [2.05, 4.69) is 0 Å². The van der Waals surface area contributed by atoms with Gasteiger partial charge in [-0.1, -0.05) is 46.9 Å². The van der Waals surface area contributed by atoms with Crippen LogP contribution >= 0.6 is 34.8 Å². The van der Waals surface area contributed by atoms with E-state index >= 15 is 0 Å². The highest BCUT2D eigenvalue weighted by Gasteiger charge is 2.12. The van der Waals surface area contributed by atoms with Crippen molar-refractivity contribution in [3.8, 4) is 5.75 Å². The molecule has 0 aliphatic rings. The molecular weight excluding hydrogens is 363 g/mol. The minimum Gasteiger partial charge on any atom is -0.480 e. The van der Waals surface area contributed by atoms with Crippen LogP contribution in [0.4, 0.5) is 0 Å². The zero-order valence-electron chi connectivity index (χ0n) is 11.7. The van der Waals surface area contributed by atoms with Crippen molar-refractivity contribution in [2.24, 2.45) is 0 Å². The van der Waals surface area contributed by atoms with Gasteiger partial charge >= 0.3 is 5.97 Å². The van der Waals surface area contributed by atoms with Gasteiger partial charge in [0.15, 0.2) is 19.0 Å². The van der Waals surface area contributed by atoms with Crippen LogP contribution in [0.5, 0.6) is 5.75 Å². The van der Waals surface area contributed by atoms with Crippen LogP contribution in [-0.2, 0) is 9.53 Å². The number of rotatable bonds is 6. The molecule has 0 amide bonds. The zero-order valence-corrected chi connectivity index (χ0v) is 14.0. The van der Waals surface area contributed by atoms with Crippen molar-refractivity contribution in [3.05, 3.63) is 63.1 Å². The van der Waals surface area contributed by atoms with Crippen molar-refractivity contribution in [2.45, 2.75) is 0 Å². The van der Waals surface area contributed by atoms with E-state index in [0.717, 1.165) is 0 Å². The number of ketones is 1. The molecule has 0 spiro atoms. The molecule has 0 fully saturated rings. The summed E-state index contributed by atoms with van der Waals surface area (Å²) in [5.41, 5.74) is 0.305. The fourth-order valence-corrected chi connectivity index (χ4v) is 2.13. The van der Waals surface area contributed by atoms with E-state index in [1.54, 1.807) is 24.3 Å². The highest BCUT2D eigenvalue weighted by atomic mass is 35.5. The molecule has 0 heterocycles. The van der Waals surface area contributed by atoms with Crippen molar-refractivity contribution < 1.29 is 19.1 Å². The maximum atomic E-state index is 11.9. The van der Waals surface area contributed by atoms with Crippen molar-refractivity contribution in [3.63, 3.8) is 0 Å². The first kappa shape index (κ1) is 17.6. The summed E-state index contributed by atoms with van der Waals surface area (Å²) in [6.07, 6.45) is 0. The van der Waals surface area contributed by atoms with Gasteiger partial charge in [0.1, 0.15) is 5.75 Å². The van der Waals surface area contributed by atoms with Gasteiger partial charge in [0.05, 0.1) is 15.1 Å². The third-order valence-electron chi connectivity index (χ3n) is 2.79. The van der Waals surface area contributed by atoms with E-state index in [1.165, 1.54) is 18.2 Å². The first-order valence-corrected chi connectivity index (χ1v) is 7.62. The maximum absolute atomic E-state index is 11.9. The van der Waals surface area contributed by atoms with Crippen LogP contribution in [0.25, 0.3) is 0 Å². The molecule has 0 aromatic heterocycles. The van der Waals surface area contributed by atoms with Crippen LogP contribution in [0.2, 0.25) is 15.1 Å². The van der Waals surface area contributed by atoms with Gasteiger partial charge in [-0.25, -0.2) is 4.79 Å². The molecule has 0 bridgehead atoms. The number of para-hydroxylation sites is 1. The Hall–Kier alpha value is -1.75. The lowest BCUT2D eigenvalue weighted by atomic mass is 10.1. The summed E-state index contributed by atoms with van der Waals surface area (Å²) in [6.45, 7) is -0.763. The number of hydrogen-bond acceptors (Lipinski definition) is 4. The van der Waals surface area contributed by atoms with E-state index in [9.17, 15) is 9.59 Å². The van der Waals surface area contributed by atoms with E-state index in [-0.39, 0.29) is 11.6 Å². The first-order valence-electron chi connectivity index (χ1n) is 6.48. The number of benzene rings is 2. The molecule has 120 valence electrons. The molecule has 2 aromatic rings. The molecule has 0 unspecified atom stereocenters. The van der Waals surface area contributed by atoms with Gasteiger partial charge in [-0.3, -0.25) is 4.79 Å². The Balaban J connectivity index is 1.83. The monoisotopic (exact) mass is 372 g/mol. The Labute approximate surface area is 147 Å². The standard InChI is InChI=1S/C16H11Cl3O4/c17-11-6-5-10(7-13(11)19)14(20)8-23-16(21)9-22-15-4-2-1-3-12(15)18/h1-7H,8-9H2. The Morgan fingerprint density at radius 1 is 0.870 bits per heavy atom. The smallest absolute Gasteiger partial charge is 0.344 e. The average Bonchev–Trinajstić information content (AvgIpc) is 2.54. The topological polar surface area (TPSA) is 52.6 Å². The third kappa shape index (κ3) is 5.13. The Bertz CT molecular complexity index is 731. The van der Waals surface area contributed by atoms with E-state index in [1.807, 2.05) is 0 Å². The summed E-state index contributed by atoms with van der Waals surface area (Å²) >= 11 is 17.5. The van der Waals surface area contributed by atoms with Gasteiger partial charge in [-0.05, 0) is 30.3 Å². The molecule has 0 saturated carbocycles. The largest absolute Gasteiger partial charge is 0.480 e. The molecule has 7 heteroatoms. The maximum Gasteiger partial charge on any atom is 0.344 e. The predicted octanol–water partition coefficient (Wildman–Crippen LogP) is 4.45. The van der Waals surface area contributed by atoms with Gasteiger partial charge in [0.2, 0.25) is 0 Å². The molecule has 0 aliphatic heterocycles. The SMILES string of the molecule is O=C(COc1ccccc1Cl)OCC(=O)c1ccc(Cl)c(Cl)c1. The molecule has 0 radical (unpaired) electrons. The quantitative estimate of drug-likeness (QED) is 0.554. The van der Waals surface area contributed by atoms with Crippen LogP contribution in [0.1, 0.15) is 10.4 Å². The molecule has 2 rings (SSSR count). The highest BCUT2D eigenvalue weighted by Crippen LogP contribution is 2.23. The van der Waals surface area contributed by atoms with Crippen molar-refractivity contribution in [2.75, 3.05) is 13.2 Å². The van der Waals surface area contributed by atoms with Crippen LogP contribution in [0.3, 0.4) is 0 Å². The van der Waals surface area contributed by atoms with Crippen molar-refractivity contribution in [1.29, 1.82) is 0 Å². The molecule has 2 aromatic carbocycles.